The number of nitrogens with two attached hydrogens (primary N) is 1. The average Bonchev–Trinajstić information content (AvgIpc) is 3.53. The first-order valence-corrected chi connectivity index (χ1v) is 10.7. The number of rotatable bonds is 5. The van der Waals surface area contributed by atoms with Gasteiger partial charge in [0.15, 0.2) is 5.13 Å². The zero-order valence-corrected chi connectivity index (χ0v) is 17.2. The van der Waals surface area contributed by atoms with Crippen molar-refractivity contribution in [3.63, 3.8) is 0 Å². The van der Waals surface area contributed by atoms with E-state index in [-0.39, 0.29) is 0 Å². The molecule has 1 aliphatic rings. The number of alkyl halides is 3. The molecule has 2 heterocycles. The molecular formula is C23H19F3N4S. The number of anilines is 1. The molecule has 1 fully saturated rings. The molecule has 0 radical (unpaired) electrons. The van der Waals surface area contributed by atoms with Crippen molar-refractivity contribution in [2.24, 2.45) is 5.73 Å². The van der Waals surface area contributed by atoms with Crippen molar-refractivity contribution in [3.8, 4) is 10.4 Å². The summed E-state index contributed by atoms with van der Waals surface area (Å²) in [6, 6.07) is 13.1. The van der Waals surface area contributed by atoms with Crippen molar-refractivity contribution in [2.75, 3.05) is 5.32 Å². The molecule has 2 aromatic heterocycles. The summed E-state index contributed by atoms with van der Waals surface area (Å²) in [4.78, 5) is 10.0. The Morgan fingerprint density at radius 2 is 1.81 bits per heavy atom. The van der Waals surface area contributed by atoms with Gasteiger partial charge in [-0.05, 0) is 53.6 Å². The lowest BCUT2D eigenvalue weighted by atomic mass is 10.1. The van der Waals surface area contributed by atoms with Gasteiger partial charge in [0.2, 0.25) is 0 Å². The van der Waals surface area contributed by atoms with Gasteiger partial charge in [-0.2, -0.15) is 13.2 Å². The van der Waals surface area contributed by atoms with Gasteiger partial charge < -0.3 is 11.1 Å². The Balaban J connectivity index is 1.42. The summed E-state index contributed by atoms with van der Waals surface area (Å²) in [6.45, 7) is 0. The van der Waals surface area contributed by atoms with Gasteiger partial charge in [0.1, 0.15) is 6.17 Å². The molecule has 4 nitrogen and oxygen atoms in total. The Hall–Kier alpha value is -2.97. The van der Waals surface area contributed by atoms with Gasteiger partial charge >= 0.3 is 6.18 Å². The van der Waals surface area contributed by atoms with Crippen LogP contribution in [0.1, 0.15) is 41.7 Å². The summed E-state index contributed by atoms with van der Waals surface area (Å²) in [7, 11) is 0. The quantitative estimate of drug-likeness (QED) is 0.356. The molecule has 0 saturated heterocycles. The minimum atomic E-state index is -4.37. The molecule has 5 rings (SSSR count). The third-order valence-electron chi connectivity index (χ3n) is 5.40. The van der Waals surface area contributed by atoms with E-state index in [1.54, 1.807) is 6.20 Å². The highest BCUT2D eigenvalue weighted by atomic mass is 32.1. The van der Waals surface area contributed by atoms with E-state index in [4.69, 9.17) is 10.7 Å². The zero-order chi connectivity index (χ0) is 21.6. The van der Waals surface area contributed by atoms with Gasteiger partial charge in [-0.25, -0.2) is 4.98 Å². The highest BCUT2D eigenvalue weighted by molar-refractivity contribution is 7.19. The predicted octanol–water partition coefficient (Wildman–Crippen LogP) is 6.32. The lowest BCUT2D eigenvalue weighted by Gasteiger charge is -2.14. The van der Waals surface area contributed by atoms with Crippen LogP contribution < -0.4 is 11.1 Å². The molecule has 1 aliphatic carbocycles. The normalized spacial score (nSPS) is 15.2. The summed E-state index contributed by atoms with van der Waals surface area (Å²) in [6.07, 6.45) is 0.809. The number of halogens is 3. The number of benzene rings is 2. The third kappa shape index (κ3) is 4.13. The number of hydrogen-bond donors (Lipinski definition) is 2. The number of aromatic nitrogens is 2. The van der Waals surface area contributed by atoms with E-state index >= 15 is 0 Å². The van der Waals surface area contributed by atoms with Crippen molar-refractivity contribution in [1.29, 1.82) is 0 Å². The molecule has 0 unspecified atom stereocenters. The standard InChI is InChI=1S/C23H19F3N4S/c24-23(25,26)18-7-5-14(6-8-18)21(27)30-22-29-19(13-1-2-13)20(31-22)16-3-4-17-12-28-10-9-15(17)11-16/h3-13,21H,1-2,27H2,(H,29,30)/t21-/m1/s1. The van der Waals surface area contributed by atoms with Gasteiger partial charge in [0, 0.05) is 23.7 Å². The minimum Gasteiger partial charge on any atom is -0.342 e. The zero-order valence-electron chi connectivity index (χ0n) is 16.4. The Morgan fingerprint density at radius 3 is 2.52 bits per heavy atom. The van der Waals surface area contributed by atoms with Crippen LogP contribution in [-0.2, 0) is 6.18 Å². The van der Waals surface area contributed by atoms with Gasteiger partial charge in [0.05, 0.1) is 16.1 Å². The molecule has 1 atom stereocenters. The van der Waals surface area contributed by atoms with Crippen LogP contribution in [-0.4, -0.2) is 9.97 Å². The maximum absolute atomic E-state index is 12.8. The first-order valence-electron chi connectivity index (χ1n) is 9.92. The maximum atomic E-state index is 12.8. The van der Waals surface area contributed by atoms with Gasteiger partial charge in [-0.1, -0.05) is 35.6 Å². The van der Waals surface area contributed by atoms with Crippen LogP contribution in [0.4, 0.5) is 18.3 Å². The molecule has 31 heavy (non-hydrogen) atoms. The molecule has 0 bridgehead atoms. The lowest BCUT2D eigenvalue weighted by molar-refractivity contribution is -0.137. The maximum Gasteiger partial charge on any atom is 0.416 e. The molecule has 2 aromatic carbocycles. The van der Waals surface area contributed by atoms with Crippen LogP contribution in [0.25, 0.3) is 21.2 Å². The highest BCUT2D eigenvalue weighted by Crippen LogP contribution is 2.47. The summed E-state index contributed by atoms with van der Waals surface area (Å²) in [5.74, 6) is 0.442. The lowest BCUT2D eigenvalue weighted by Crippen LogP contribution is -2.20. The van der Waals surface area contributed by atoms with Crippen LogP contribution in [0.15, 0.2) is 60.9 Å². The number of pyridine rings is 1. The predicted molar refractivity (Wildman–Crippen MR) is 117 cm³/mol. The van der Waals surface area contributed by atoms with Crippen molar-refractivity contribution in [1.82, 2.24) is 9.97 Å². The summed E-state index contributed by atoms with van der Waals surface area (Å²) in [5.41, 5.74) is 8.24. The third-order valence-corrected chi connectivity index (χ3v) is 6.45. The molecule has 158 valence electrons. The first kappa shape index (κ1) is 20.0. The Labute approximate surface area is 181 Å². The van der Waals surface area contributed by atoms with Gasteiger partial charge in [0.25, 0.3) is 0 Å². The van der Waals surface area contributed by atoms with E-state index in [1.165, 1.54) is 23.5 Å². The van der Waals surface area contributed by atoms with E-state index in [1.807, 2.05) is 12.3 Å². The molecule has 0 amide bonds. The van der Waals surface area contributed by atoms with Gasteiger partial charge in [-0.3, -0.25) is 4.98 Å². The second-order valence-electron chi connectivity index (χ2n) is 7.69. The minimum absolute atomic E-state index is 0.442. The van der Waals surface area contributed by atoms with Crippen LogP contribution in [0.3, 0.4) is 0 Å². The van der Waals surface area contributed by atoms with E-state index in [9.17, 15) is 13.2 Å². The molecule has 0 aliphatic heterocycles. The number of nitrogens with one attached hydrogen (secondary N) is 1. The second-order valence-corrected chi connectivity index (χ2v) is 8.69. The van der Waals surface area contributed by atoms with E-state index in [0.717, 1.165) is 51.9 Å². The molecule has 3 N–H and O–H groups in total. The average molecular weight is 440 g/mol. The number of nitrogens with zero attached hydrogens (tertiary/aromatic N) is 2. The Bertz CT molecular complexity index is 1230. The highest BCUT2D eigenvalue weighted by Gasteiger charge is 2.31. The van der Waals surface area contributed by atoms with Crippen LogP contribution in [0, 0.1) is 0 Å². The van der Waals surface area contributed by atoms with Crippen molar-refractivity contribution in [2.45, 2.75) is 31.1 Å². The molecule has 1 saturated carbocycles. The second kappa shape index (κ2) is 7.62. The van der Waals surface area contributed by atoms with Crippen LogP contribution >= 0.6 is 11.3 Å². The fourth-order valence-corrected chi connectivity index (χ4v) is 4.64. The smallest absolute Gasteiger partial charge is 0.342 e. The molecular weight excluding hydrogens is 421 g/mol. The topological polar surface area (TPSA) is 63.8 Å². The van der Waals surface area contributed by atoms with E-state index < -0.39 is 17.9 Å². The van der Waals surface area contributed by atoms with E-state index in [0.29, 0.717) is 16.6 Å². The fourth-order valence-electron chi connectivity index (χ4n) is 3.55. The summed E-state index contributed by atoms with van der Waals surface area (Å²) >= 11 is 1.52. The molecule has 4 aromatic rings. The summed E-state index contributed by atoms with van der Waals surface area (Å²) in [5, 5.41) is 6.01. The molecule has 8 heteroatoms. The van der Waals surface area contributed by atoms with Crippen LogP contribution in [0.2, 0.25) is 0 Å². The number of hydrogen-bond acceptors (Lipinski definition) is 5. The largest absolute Gasteiger partial charge is 0.416 e. The first-order chi connectivity index (χ1) is 14.9. The number of fused-ring (bicyclic) bond motifs is 1. The Morgan fingerprint density at radius 1 is 1.03 bits per heavy atom. The summed E-state index contributed by atoms with van der Waals surface area (Å²) < 4.78 is 38.4. The molecule has 0 spiro atoms. The van der Waals surface area contributed by atoms with Crippen molar-refractivity contribution < 1.29 is 13.2 Å². The SMILES string of the molecule is N[C@H](Nc1nc(C2CC2)c(-c2ccc3cnccc3c2)s1)c1ccc(C(F)(F)F)cc1. The van der Waals surface area contributed by atoms with Crippen molar-refractivity contribution >= 4 is 27.2 Å². The Kier molecular flexibility index (Phi) is 4.91. The van der Waals surface area contributed by atoms with Crippen molar-refractivity contribution in [3.05, 3.63) is 77.7 Å². The number of thiazole rings is 1. The van der Waals surface area contributed by atoms with Crippen LogP contribution in [0.5, 0.6) is 0 Å². The van der Waals surface area contributed by atoms with Gasteiger partial charge in [-0.15, -0.1) is 0 Å². The monoisotopic (exact) mass is 440 g/mol. The fraction of sp³-hybridized carbons (Fsp3) is 0.217. The van der Waals surface area contributed by atoms with E-state index in [2.05, 4.69) is 28.5 Å².